The molecule has 3 fully saturated rings. The molecule has 344 valence electrons. The molecule has 62 heavy (non-hydrogen) atoms. The van der Waals surface area contributed by atoms with Gasteiger partial charge in [-0.2, -0.15) is 0 Å². The van der Waals surface area contributed by atoms with Gasteiger partial charge in [-0.05, 0) is 22.2 Å². The average molecular weight is 953 g/mol. The van der Waals surface area contributed by atoms with Gasteiger partial charge < -0.3 is 47.5 Å². The van der Waals surface area contributed by atoms with E-state index in [0.717, 1.165) is 38.9 Å². The second-order valence-corrected chi connectivity index (χ2v) is 28.3. The summed E-state index contributed by atoms with van der Waals surface area (Å²) in [6.07, 6.45) is -9.78. The van der Waals surface area contributed by atoms with Crippen LogP contribution in [0.5, 0.6) is 0 Å². The predicted molar refractivity (Wildman–Crippen MR) is 219 cm³/mol. The number of rotatable bonds is 10. The number of nitrogen functional groups attached to an aromatic ring is 1. The van der Waals surface area contributed by atoms with Gasteiger partial charge in [0.1, 0.15) is 47.8 Å². The number of halogens is 2. The van der Waals surface area contributed by atoms with Crippen molar-refractivity contribution in [3.8, 4) is 0 Å². The molecule has 0 aliphatic carbocycles. The molecule has 0 aromatic carbocycles. The van der Waals surface area contributed by atoms with Crippen LogP contribution in [0.4, 0.5) is 14.6 Å². The quantitative estimate of drug-likeness (QED) is 0.127. The van der Waals surface area contributed by atoms with Crippen LogP contribution in [0.15, 0.2) is 30.0 Å². The topological polar surface area (TPSA) is 278 Å². The Bertz CT molecular complexity index is 2450. The highest BCUT2D eigenvalue weighted by Gasteiger charge is 2.61. The highest BCUT2D eigenvalue weighted by molar-refractivity contribution is 7.47. The van der Waals surface area contributed by atoms with Crippen LogP contribution in [-0.4, -0.2) is 115 Å². The smallest absolute Gasteiger partial charge is 0.414 e. The number of nitrogens with zero attached hydrogens (tertiary/aromatic N) is 7. The molecule has 28 heteroatoms. The average Bonchev–Trinajstić information content (AvgIpc) is 3.93. The number of anilines is 1. The second kappa shape index (κ2) is 17.1. The number of ether oxygens (including phenoxy) is 2. The molecule has 5 N–H and O–H groups in total. The fourth-order valence-corrected chi connectivity index (χ4v) is 20.0. The van der Waals surface area contributed by atoms with Crippen molar-refractivity contribution in [3.05, 3.63) is 41.3 Å². The summed E-state index contributed by atoms with van der Waals surface area (Å²) in [6.45, 7) is 12.8. The van der Waals surface area contributed by atoms with Crippen LogP contribution in [0.1, 0.15) is 67.8 Å². The van der Waals surface area contributed by atoms with Crippen molar-refractivity contribution >= 4 is 60.8 Å². The van der Waals surface area contributed by atoms with E-state index in [1.54, 1.807) is 0 Å². The fraction of sp³-hybridized carbons (Fsp3) is 0.676. The molecule has 3 aliphatic rings. The number of phosphoric ester groups is 2. The Labute approximate surface area is 356 Å². The number of alkyl halides is 1. The Morgan fingerprint density at radius 3 is 2.05 bits per heavy atom. The molecule has 7 heterocycles. The predicted octanol–water partition coefficient (Wildman–Crippen LogP) is 4.37. The lowest BCUT2D eigenvalue weighted by Crippen LogP contribution is -2.62. The lowest BCUT2D eigenvalue weighted by molar-refractivity contribution is -0.0670. The van der Waals surface area contributed by atoms with E-state index in [9.17, 15) is 28.5 Å². The maximum Gasteiger partial charge on any atom is 0.472 e. The molecule has 22 nitrogen and oxygen atoms in total. The maximum absolute atomic E-state index is 16.5. The first-order chi connectivity index (χ1) is 28.9. The third kappa shape index (κ3) is 8.41. The Morgan fingerprint density at radius 2 is 1.44 bits per heavy atom. The minimum Gasteiger partial charge on any atom is -0.414 e. The van der Waals surface area contributed by atoms with E-state index in [4.69, 9.17) is 41.8 Å². The summed E-state index contributed by atoms with van der Waals surface area (Å²) in [6, 6.07) is 0. The first-order valence-electron chi connectivity index (χ1n) is 19.9. The largest absolute Gasteiger partial charge is 0.472 e. The van der Waals surface area contributed by atoms with E-state index in [1.807, 2.05) is 55.4 Å². The van der Waals surface area contributed by atoms with E-state index in [2.05, 4.69) is 19.9 Å². The molecule has 2 unspecified atom stereocenters. The van der Waals surface area contributed by atoms with Gasteiger partial charge in [-0.25, -0.2) is 37.8 Å². The van der Waals surface area contributed by atoms with Crippen LogP contribution in [0.25, 0.3) is 22.2 Å². The maximum atomic E-state index is 16.5. The van der Waals surface area contributed by atoms with Crippen molar-refractivity contribution in [2.45, 2.75) is 127 Å². The highest BCUT2D eigenvalue weighted by atomic mass is 31.2. The third-order valence-corrected chi connectivity index (χ3v) is 23.3. The van der Waals surface area contributed by atoms with Crippen molar-refractivity contribution in [1.82, 2.24) is 33.6 Å². The van der Waals surface area contributed by atoms with Gasteiger partial charge in [0.25, 0.3) is 5.56 Å². The van der Waals surface area contributed by atoms with Gasteiger partial charge in [0.15, 0.2) is 41.6 Å². The first kappa shape index (κ1) is 47.1. The van der Waals surface area contributed by atoms with Gasteiger partial charge >= 0.3 is 32.8 Å². The van der Waals surface area contributed by atoms with Crippen LogP contribution in [0.3, 0.4) is 0 Å². The van der Waals surface area contributed by atoms with Gasteiger partial charge in [-0.3, -0.25) is 27.5 Å². The Morgan fingerprint density at radius 1 is 0.839 bits per heavy atom. The van der Waals surface area contributed by atoms with Gasteiger partial charge in [-0.15, -0.1) is 0 Å². The Kier molecular flexibility index (Phi) is 13.0. The van der Waals surface area contributed by atoms with Crippen molar-refractivity contribution in [3.63, 3.8) is 0 Å². The molecule has 0 radical (unpaired) electrons. The molecule has 10 atom stereocenters. The van der Waals surface area contributed by atoms with E-state index >= 15 is 8.78 Å². The number of aromatic nitrogens is 7. The molecular weight excluding hydrogens is 901 g/mol. The van der Waals surface area contributed by atoms with Gasteiger partial charge in [0.2, 0.25) is 0 Å². The van der Waals surface area contributed by atoms with Crippen molar-refractivity contribution in [1.29, 1.82) is 0 Å². The van der Waals surface area contributed by atoms with E-state index in [1.165, 1.54) is 7.05 Å². The summed E-state index contributed by atoms with van der Waals surface area (Å²) in [4.78, 5) is 64.4. The van der Waals surface area contributed by atoms with Crippen LogP contribution < -0.4 is 11.3 Å². The minimum absolute atomic E-state index is 0.0203. The number of fused-ring (bicyclic) bond motifs is 5. The second-order valence-electron chi connectivity index (χ2n) is 16.8. The summed E-state index contributed by atoms with van der Waals surface area (Å²) < 4.78 is 112. The molecule has 0 saturated carbocycles. The van der Waals surface area contributed by atoms with Crippen LogP contribution >= 0.6 is 15.6 Å². The molecule has 0 amide bonds. The van der Waals surface area contributed by atoms with E-state index < -0.39 is 123 Å². The van der Waals surface area contributed by atoms with Gasteiger partial charge in [0, 0.05) is 13.2 Å². The lowest BCUT2D eigenvalue weighted by Gasteiger charge is -2.47. The van der Waals surface area contributed by atoms with Gasteiger partial charge in [0.05, 0.1) is 25.9 Å². The van der Waals surface area contributed by atoms with Crippen LogP contribution in [0.2, 0.25) is 22.2 Å². The molecule has 4 aromatic heterocycles. The number of imidazole rings is 1. The summed E-state index contributed by atoms with van der Waals surface area (Å²) in [5, 5.41) is -0.443. The van der Waals surface area contributed by atoms with Crippen LogP contribution in [-0.2, 0) is 52.3 Å². The molecule has 3 saturated heterocycles. The zero-order valence-corrected chi connectivity index (χ0v) is 39.1. The van der Waals surface area contributed by atoms with E-state index in [0.29, 0.717) is 0 Å². The monoisotopic (exact) mass is 952 g/mol. The van der Waals surface area contributed by atoms with Gasteiger partial charge in [-0.1, -0.05) is 55.4 Å². The summed E-state index contributed by atoms with van der Waals surface area (Å²) in [5.41, 5.74) is 3.53. The molecule has 7 rings (SSSR count). The summed E-state index contributed by atoms with van der Waals surface area (Å²) >= 11 is 0. The zero-order valence-electron chi connectivity index (χ0n) is 35.3. The lowest BCUT2D eigenvalue weighted by atomic mass is 10.1. The number of hydrogen-bond acceptors (Lipinski definition) is 17. The van der Waals surface area contributed by atoms with E-state index in [-0.39, 0.29) is 33.7 Å². The zero-order chi connectivity index (χ0) is 45.4. The molecule has 2 bridgehead atoms. The normalized spacial score (nSPS) is 31.6. The van der Waals surface area contributed by atoms with Crippen LogP contribution in [0, 0.1) is 5.82 Å². The number of aryl methyl sites for hydroxylation is 1. The Hall–Kier alpha value is -2.92. The number of hydrogen-bond donors (Lipinski definition) is 4. The van der Waals surface area contributed by atoms with Crippen molar-refractivity contribution < 1.29 is 68.6 Å². The summed E-state index contributed by atoms with van der Waals surface area (Å²) in [7, 11) is -16.8. The van der Waals surface area contributed by atoms with Crippen molar-refractivity contribution in [2.24, 2.45) is 7.05 Å². The SMILES string of the molecule is CC(C)[Si](O)(O[Si](O[C@H]1[C@H]2OP(=O)(O)OC[C@H]3O[C@@H](n4cnc5c(N)ncnc54)[C@H](F)[C@@H]3OP(=O)(O)OC[C@H]1O[C@H]2n1cc(F)c2c(=O)n(C)cnc21)(C(C)C)C(C)C)C(C)C. The molecule has 3 aliphatic heterocycles. The molecular formula is C34H52F2N8O14P2Si2. The minimum atomic E-state index is -5.38. The molecule has 4 aromatic rings. The number of phosphoric acid groups is 2. The number of nitrogens with two attached hydrogens (primary N) is 1. The molecule has 0 spiro atoms. The standard InChI is InChI=1S/C34H52F2N8O14P2Si2/c1-16(2)61(50,17(3)4)58-62(18(5)6,19(7)8)57-27-22-12-52-59(46,47)55-26-21(53-33(24(26)36)44-15-40-25-29(37)38-13-39-31(25)44)11-51-60(48,49)56-28(27)34(54-22)43-10-20(35)23-30(43)41-14-42(9)32(23)45/h10,13-19,21-22,24,26-28,33-34,50H,11-12H2,1-9H3,(H,46,47)(H,48,49)(H2,37,38,39)/t21-,22-,24-,26-,27-,28-,33-,34-/m1/s1. The first-order valence-corrected chi connectivity index (χ1v) is 26.9. The Balaban J connectivity index is 1.33. The fourth-order valence-electron chi connectivity index (χ4n) is 8.20. The van der Waals surface area contributed by atoms with Crippen molar-refractivity contribution in [2.75, 3.05) is 18.9 Å². The third-order valence-electron chi connectivity index (χ3n) is 11.6. The highest BCUT2D eigenvalue weighted by Crippen LogP contribution is 2.56. The summed E-state index contributed by atoms with van der Waals surface area (Å²) in [5.74, 6) is -1.03.